The van der Waals surface area contributed by atoms with Crippen LogP contribution in [0.3, 0.4) is 0 Å². The van der Waals surface area contributed by atoms with Crippen LogP contribution in [0.5, 0.6) is 11.5 Å². The first-order valence-corrected chi connectivity index (χ1v) is 9.62. The minimum absolute atomic E-state index is 0.0827. The molecule has 6 nitrogen and oxygen atoms in total. The van der Waals surface area contributed by atoms with E-state index in [1.54, 1.807) is 12.3 Å². The van der Waals surface area contributed by atoms with Crippen LogP contribution >= 0.6 is 0 Å². The summed E-state index contributed by atoms with van der Waals surface area (Å²) >= 11 is 0. The molecule has 1 aliphatic rings. The number of rotatable bonds is 3. The van der Waals surface area contributed by atoms with E-state index in [4.69, 9.17) is 9.47 Å². The van der Waals surface area contributed by atoms with Gasteiger partial charge in [0, 0.05) is 23.4 Å². The van der Waals surface area contributed by atoms with E-state index >= 15 is 0 Å². The molecule has 2 aromatic carbocycles. The third-order valence-corrected chi connectivity index (χ3v) is 5.22. The summed E-state index contributed by atoms with van der Waals surface area (Å²) in [5.41, 5.74) is 3.13. The summed E-state index contributed by atoms with van der Waals surface area (Å²) in [6, 6.07) is 19.9. The Kier molecular flexibility index (Phi) is 4.32. The number of aryl methyl sites for hydroxylation is 1. The van der Waals surface area contributed by atoms with Gasteiger partial charge in [-0.3, -0.25) is 14.0 Å². The van der Waals surface area contributed by atoms with Gasteiger partial charge in [0.2, 0.25) is 0 Å². The molecule has 0 aliphatic carbocycles. The Bertz CT molecular complexity index is 1300. The van der Waals surface area contributed by atoms with Crippen molar-refractivity contribution in [3.05, 3.63) is 106 Å². The van der Waals surface area contributed by atoms with Gasteiger partial charge < -0.3 is 9.47 Å². The molecule has 5 rings (SSSR count). The largest absolute Gasteiger partial charge is 0.458 e. The fourth-order valence-corrected chi connectivity index (χ4v) is 3.78. The summed E-state index contributed by atoms with van der Waals surface area (Å²) in [7, 11) is 0. The van der Waals surface area contributed by atoms with Gasteiger partial charge in [-0.15, -0.1) is 0 Å². The average molecular weight is 398 g/mol. The number of para-hydroxylation sites is 2. The number of carbonyl (C=O) groups is 1. The van der Waals surface area contributed by atoms with Crippen molar-refractivity contribution in [1.29, 1.82) is 0 Å². The van der Waals surface area contributed by atoms with Crippen LogP contribution in [0.15, 0.2) is 77.7 Å². The molecule has 3 heterocycles. The zero-order valence-corrected chi connectivity index (χ0v) is 16.2. The van der Waals surface area contributed by atoms with Gasteiger partial charge in [-0.25, -0.2) is 4.98 Å². The molecule has 4 aromatic rings. The molecule has 2 aromatic heterocycles. The first-order valence-electron chi connectivity index (χ1n) is 9.62. The molecule has 0 unspecified atom stereocenters. The van der Waals surface area contributed by atoms with Crippen LogP contribution in [0.1, 0.15) is 28.3 Å². The molecule has 148 valence electrons. The zero-order valence-electron chi connectivity index (χ0n) is 16.2. The minimum atomic E-state index is -0.602. The summed E-state index contributed by atoms with van der Waals surface area (Å²) in [4.78, 5) is 30.0. The predicted molar refractivity (Wildman–Crippen MR) is 111 cm³/mol. The molecule has 0 atom stereocenters. The highest BCUT2D eigenvalue weighted by Crippen LogP contribution is 2.44. The van der Waals surface area contributed by atoms with Crippen molar-refractivity contribution in [3.63, 3.8) is 0 Å². The maximum Gasteiger partial charge on any atom is 0.318 e. The normalized spacial score (nSPS) is 12.7. The second-order valence-corrected chi connectivity index (χ2v) is 7.19. The number of fused-ring (bicyclic) bond motifs is 3. The second kappa shape index (κ2) is 7.15. The quantitative estimate of drug-likeness (QED) is 0.488. The molecule has 1 aliphatic heterocycles. The van der Waals surface area contributed by atoms with Crippen LogP contribution < -0.4 is 10.3 Å². The lowest BCUT2D eigenvalue weighted by Gasteiger charge is -2.26. The number of aromatic nitrogens is 2. The molecule has 0 bridgehead atoms. The Labute approximate surface area is 172 Å². The summed E-state index contributed by atoms with van der Waals surface area (Å²) in [5.74, 6) is 0.256. The van der Waals surface area contributed by atoms with Crippen molar-refractivity contribution in [1.82, 2.24) is 9.38 Å². The van der Waals surface area contributed by atoms with Gasteiger partial charge >= 0.3 is 5.97 Å². The molecular weight excluding hydrogens is 380 g/mol. The Morgan fingerprint density at radius 2 is 1.70 bits per heavy atom. The molecule has 0 fully saturated rings. The van der Waals surface area contributed by atoms with Gasteiger partial charge in [-0.1, -0.05) is 42.5 Å². The summed E-state index contributed by atoms with van der Waals surface area (Å²) in [5, 5.41) is 0. The first-order chi connectivity index (χ1) is 14.6. The average Bonchev–Trinajstić information content (AvgIpc) is 2.76. The topological polar surface area (TPSA) is 69.9 Å². The van der Waals surface area contributed by atoms with Gasteiger partial charge in [0.05, 0.1) is 5.69 Å². The van der Waals surface area contributed by atoms with Crippen molar-refractivity contribution < 1.29 is 14.3 Å². The highest BCUT2D eigenvalue weighted by atomic mass is 16.5. The van der Waals surface area contributed by atoms with Crippen LogP contribution in [0.4, 0.5) is 0 Å². The molecule has 0 radical (unpaired) electrons. The number of carbonyl (C=O) groups excluding carboxylic acids is 1. The molecule has 0 saturated carbocycles. The van der Waals surface area contributed by atoms with Crippen molar-refractivity contribution in [2.45, 2.75) is 19.4 Å². The van der Waals surface area contributed by atoms with Gasteiger partial charge in [0.15, 0.2) is 0 Å². The first kappa shape index (κ1) is 18.1. The van der Waals surface area contributed by atoms with Crippen molar-refractivity contribution in [2.24, 2.45) is 0 Å². The number of ether oxygens (including phenoxy) is 2. The molecule has 30 heavy (non-hydrogen) atoms. The number of nitrogens with zero attached hydrogens (tertiary/aromatic N) is 2. The van der Waals surface area contributed by atoms with Gasteiger partial charge in [-0.05, 0) is 30.7 Å². The van der Waals surface area contributed by atoms with Gasteiger partial charge in [-0.2, -0.15) is 0 Å². The second-order valence-electron chi connectivity index (χ2n) is 7.19. The van der Waals surface area contributed by atoms with Crippen LogP contribution in [0, 0.1) is 6.92 Å². The highest BCUT2D eigenvalue weighted by Gasteiger charge is 2.33. The lowest BCUT2D eigenvalue weighted by atomic mass is 9.88. The molecule has 0 saturated heterocycles. The Morgan fingerprint density at radius 1 is 1.03 bits per heavy atom. The number of esters is 1. The Morgan fingerprint density at radius 3 is 2.40 bits per heavy atom. The van der Waals surface area contributed by atoms with E-state index in [9.17, 15) is 9.59 Å². The van der Waals surface area contributed by atoms with Crippen molar-refractivity contribution in [2.75, 3.05) is 0 Å². The van der Waals surface area contributed by atoms with E-state index in [2.05, 4.69) is 4.98 Å². The fourth-order valence-electron chi connectivity index (χ4n) is 3.78. The van der Waals surface area contributed by atoms with Crippen LogP contribution in [0.2, 0.25) is 0 Å². The maximum absolute atomic E-state index is 13.1. The molecule has 0 amide bonds. The lowest BCUT2D eigenvalue weighted by molar-refractivity contribution is -0.146. The van der Waals surface area contributed by atoms with Gasteiger partial charge in [0.25, 0.3) is 5.56 Å². The van der Waals surface area contributed by atoms with E-state index in [-0.39, 0.29) is 12.2 Å². The predicted octanol–water partition coefficient (Wildman–Crippen LogP) is 3.98. The van der Waals surface area contributed by atoms with Gasteiger partial charge in [0.1, 0.15) is 29.7 Å². The maximum atomic E-state index is 13.1. The number of hydrogen-bond acceptors (Lipinski definition) is 5. The Hall–Kier alpha value is -3.93. The highest BCUT2D eigenvalue weighted by molar-refractivity contribution is 5.85. The van der Waals surface area contributed by atoms with E-state index in [1.165, 1.54) is 10.5 Å². The van der Waals surface area contributed by atoms with Crippen molar-refractivity contribution in [3.8, 4) is 11.5 Å². The molecule has 6 heteroatoms. The monoisotopic (exact) mass is 398 g/mol. The smallest absolute Gasteiger partial charge is 0.318 e. The third kappa shape index (κ3) is 3.03. The lowest BCUT2D eigenvalue weighted by Crippen LogP contribution is -2.22. The Balaban J connectivity index is 1.46. The minimum Gasteiger partial charge on any atom is -0.458 e. The number of hydrogen-bond donors (Lipinski definition) is 0. The van der Waals surface area contributed by atoms with E-state index in [1.807, 2.05) is 61.5 Å². The van der Waals surface area contributed by atoms with Crippen LogP contribution in [-0.4, -0.2) is 15.4 Å². The van der Waals surface area contributed by atoms with E-state index in [0.29, 0.717) is 22.8 Å². The summed E-state index contributed by atoms with van der Waals surface area (Å²) in [6.45, 7) is 1.80. The molecule has 0 spiro atoms. The molecule has 0 N–H and O–H groups in total. The fraction of sp³-hybridized carbons (Fsp3) is 0.125. The SMILES string of the molecule is Cc1cccn2c(=O)cc(COC(=O)C3c4ccccc4Oc4ccccc43)nc12. The zero-order chi connectivity index (χ0) is 20.7. The summed E-state index contributed by atoms with van der Waals surface area (Å²) in [6.07, 6.45) is 1.67. The third-order valence-electron chi connectivity index (χ3n) is 5.22. The number of benzene rings is 2. The van der Waals surface area contributed by atoms with E-state index in [0.717, 1.165) is 16.7 Å². The van der Waals surface area contributed by atoms with Crippen molar-refractivity contribution >= 4 is 11.6 Å². The standard InChI is InChI=1S/C24H18N2O4/c1-15-7-6-12-26-21(27)13-16(25-23(15)26)14-29-24(28)22-17-8-2-4-10-19(17)30-20-11-5-3-9-18(20)22/h2-13,22H,14H2,1H3. The number of pyridine rings is 1. The van der Waals surface area contributed by atoms with Crippen LogP contribution in [-0.2, 0) is 16.1 Å². The summed E-state index contributed by atoms with van der Waals surface area (Å²) < 4.78 is 13.0. The van der Waals surface area contributed by atoms with E-state index < -0.39 is 11.9 Å². The molecular formula is C24H18N2O4. The van der Waals surface area contributed by atoms with Crippen LogP contribution in [0.25, 0.3) is 5.65 Å².